The van der Waals surface area contributed by atoms with Crippen molar-refractivity contribution in [2.45, 2.75) is 63.6 Å². The van der Waals surface area contributed by atoms with E-state index in [0.717, 1.165) is 44.6 Å². The van der Waals surface area contributed by atoms with Crippen LogP contribution in [0.25, 0.3) is 0 Å². The highest BCUT2D eigenvalue weighted by Crippen LogP contribution is 2.26. The topological polar surface area (TPSA) is 61.3 Å². The molecule has 122 valence electrons. The van der Waals surface area contributed by atoms with Crippen molar-refractivity contribution in [2.24, 2.45) is 0 Å². The largest absolute Gasteiger partial charge is 0.391 e. The summed E-state index contributed by atoms with van der Waals surface area (Å²) in [7, 11) is 0. The number of aliphatic hydroxyl groups excluding tert-OH is 1. The van der Waals surface area contributed by atoms with E-state index in [1.807, 2.05) is 6.92 Å². The molecule has 2 aliphatic rings. The van der Waals surface area contributed by atoms with Crippen molar-refractivity contribution < 1.29 is 5.11 Å². The number of anilines is 1. The third-order valence-electron chi connectivity index (χ3n) is 4.85. The van der Waals surface area contributed by atoms with Crippen molar-refractivity contribution in [3.05, 3.63) is 17.0 Å². The molecule has 0 radical (unpaired) electrons. The lowest BCUT2D eigenvalue weighted by Gasteiger charge is -2.41. The molecule has 2 fully saturated rings. The number of nitrogens with one attached hydrogen (secondary N) is 1. The maximum atomic E-state index is 10.2. The van der Waals surface area contributed by atoms with Gasteiger partial charge in [0.05, 0.1) is 6.10 Å². The molecule has 2 unspecified atom stereocenters. The Morgan fingerprint density at radius 2 is 1.91 bits per heavy atom. The van der Waals surface area contributed by atoms with E-state index < -0.39 is 0 Å². The predicted octanol–water partition coefficient (Wildman–Crippen LogP) is 2.62. The molecule has 5 nitrogen and oxygen atoms in total. The van der Waals surface area contributed by atoms with Gasteiger partial charge in [0.1, 0.15) is 16.8 Å². The van der Waals surface area contributed by atoms with Crippen LogP contribution < -0.4 is 5.32 Å². The standard InChI is InChI=1S/C16H25ClN4O/c1-11-18-15(17)10-16(19-11)20-12-6-8-21(9-7-12)13-4-2-3-5-14(13)22/h10,12-14,22H,2-9H2,1H3,(H,18,19,20). The zero-order chi connectivity index (χ0) is 15.5. The van der Waals surface area contributed by atoms with Gasteiger partial charge in [-0.2, -0.15) is 0 Å². The molecule has 0 bridgehead atoms. The molecule has 2 atom stereocenters. The Hall–Kier alpha value is -0.910. The Labute approximate surface area is 137 Å². The Morgan fingerprint density at radius 3 is 2.59 bits per heavy atom. The van der Waals surface area contributed by atoms with Gasteiger partial charge in [0.2, 0.25) is 0 Å². The first-order valence-electron chi connectivity index (χ1n) is 8.31. The van der Waals surface area contributed by atoms with E-state index in [1.165, 1.54) is 12.8 Å². The lowest BCUT2D eigenvalue weighted by atomic mass is 9.89. The predicted molar refractivity (Wildman–Crippen MR) is 88.3 cm³/mol. The van der Waals surface area contributed by atoms with E-state index in [1.54, 1.807) is 6.07 Å². The van der Waals surface area contributed by atoms with Crippen molar-refractivity contribution in [2.75, 3.05) is 18.4 Å². The first kappa shape index (κ1) is 16.0. The van der Waals surface area contributed by atoms with Crippen LogP contribution in [0.1, 0.15) is 44.3 Å². The zero-order valence-corrected chi connectivity index (χ0v) is 13.9. The summed E-state index contributed by atoms with van der Waals surface area (Å²) < 4.78 is 0. The highest BCUT2D eigenvalue weighted by molar-refractivity contribution is 6.29. The van der Waals surface area contributed by atoms with Gasteiger partial charge in [0, 0.05) is 31.2 Å². The minimum Gasteiger partial charge on any atom is -0.391 e. The minimum absolute atomic E-state index is 0.137. The van der Waals surface area contributed by atoms with E-state index in [4.69, 9.17) is 11.6 Å². The van der Waals surface area contributed by atoms with Crippen LogP contribution in [0.2, 0.25) is 5.15 Å². The van der Waals surface area contributed by atoms with Crippen molar-refractivity contribution >= 4 is 17.4 Å². The Balaban J connectivity index is 1.53. The number of aromatic nitrogens is 2. The molecule has 1 aliphatic carbocycles. The number of nitrogens with zero attached hydrogens (tertiary/aromatic N) is 3. The van der Waals surface area contributed by atoms with Gasteiger partial charge < -0.3 is 10.4 Å². The molecule has 1 saturated carbocycles. The summed E-state index contributed by atoms with van der Waals surface area (Å²) in [5.74, 6) is 1.51. The van der Waals surface area contributed by atoms with Crippen molar-refractivity contribution in [3.63, 3.8) is 0 Å². The van der Waals surface area contributed by atoms with Gasteiger partial charge in [-0.1, -0.05) is 24.4 Å². The third kappa shape index (κ3) is 3.89. The van der Waals surface area contributed by atoms with Gasteiger partial charge in [-0.05, 0) is 32.6 Å². The molecule has 2 heterocycles. The van der Waals surface area contributed by atoms with Crippen LogP contribution in [0.3, 0.4) is 0 Å². The van der Waals surface area contributed by atoms with Crippen LogP contribution in [0.4, 0.5) is 5.82 Å². The first-order valence-corrected chi connectivity index (χ1v) is 8.69. The Morgan fingerprint density at radius 1 is 1.18 bits per heavy atom. The second kappa shape index (κ2) is 7.11. The molecular weight excluding hydrogens is 300 g/mol. The highest BCUT2D eigenvalue weighted by atomic mass is 35.5. The number of rotatable bonds is 3. The summed E-state index contributed by atoms with van der Waals surface area (Å²) in [6.45, 7) is 3.93. The lowest BCUT2D eigenvalue weighted by Crippen LogP contribution is -2.50. The smallest absolute Gasteiger partial charge is 0.134 e. The van der Waals surface area contributed by atoms with Crippen LogP contribution in [0.5, 0.6) is 0 Å². The highest BCUT2D eigenvalue weighted by Gasteiger charge is 2.31. The monoisotopic (exact) mass is 324 g/mol. The van der Waals surface area contributed by atoms with Crippen LogP contribution >= 0.6 is 11.6 Å². The molecule has 0 amide bonds. The molecule has 1 aliphatic heterocycles. The van der Waals surface area contributed by atoms with Gasteiger partial charge >= 0.3 is 0 Å². The quantitative estimate of drug-likeness (QED) is 0.837. The number of piperidine rings is 1. The third-order valence-corrected chi connectivity index (χ3v) is 5.04. The van der Waals surface area contributed by atoms with Gasteiger partial charge in [0.15, 0.2) is 0 Å². The molecule has 1 aromatic heterocycles. The average molecular weight is 325 g/mol. The average Bonchev–Trinajstić information content (AvgIpc) is 2.48. The van der Waals surface area contributed by atoms with Gasteiger partial charge in [-0.25, -0.2) is 9.97 Å². The summed E-state index contributed by atoms with van der Waals surface area (Å²) in [4.78, 5) is 10.9. The number of aliphatic hydroxyl groups is 1. The Bertz CT molecular complexity index is 485. The second-order valence-electron chi connectivity index (χ2n) is 6.50. The molecule has 0 aromatic carbocycles. The number of hydrogen-bond donors (Lipinski definition) is 2. The molecule has 0 spiro atoms. The van der Waals surface area contributed by atoms with Crippen molar-refractivity contribution in [3.8, 4) is 0 Å². The number of likely N-dealkylation sites (tertiary alicyclic amines) is 1. The Kier molecular flexibility index (Phi) is 5.16. The number of aryl methyl sites for hydroxylation is 1. The van der Waals surface area contributed by atoms with Crippen LogP contribution in [-0.4, -0.2) is 51.3 Å². The van der Waals surface area contributed by atoms with E-state index in [-0.39, 0.29) is 6.10 Å². The maximum absolute atomic E-state index is 10.2. The van der Waals surface area contributed by atoms with E-state index in [0.29, 0.717) is 23.1 Å². The van der Waals surface area contributed by atoms with Crippen LogP contribution in [-0.2, 0) is 0 Å². The molecule has 22 heavy (non-hydrogen) atoms. The van der Waals surface area contributed by atoms with Crippen molar-refractivity contribution in [1.82, 2.24) is 14.9 Å². The zero-order valence-electron chi connectivity index (χ0n) is 13.1. The molecular formula is C16H25ClN4O. The molecule has 1 saturated heterocycles. The fraction of sp³-hybridized carbons (Fsp3) is 0.750. The van der Waals surface area contributed by atoms with E-state index in [2.05, 4.69) is 20.2 Å². The number of hydrogen-bond acceptors (Lipinski definition) is 5. The molecule has 1 aromatic rings. The normalized spacial score (nSPS) is 27.8. The summed E-state index contributed by atoms with van der Waals surface area (Å²) in [5, 5.41) is 14.2. The summed E-state index contributed by atoms with van der Waals surface area (Å²) in [6, 6.07) is 2.57. The lowest BCUT2D eigenvalue weighted by molar-refractivity contribution is 0.00992. The molecule has 2 N–H and O–H groups in total. The summed E-state index contributed by atoms with van der Waals surface area (Å²) in [6.07, 6.45) is 6.53. The van der Waals surface area contributed by atoms with E-state index >= 15 is 0 Å². The van der Waals surface area contributed by atoms with E-state index in [9.17, 15) is 5.11 Å². The molecule has 6 heteroatoms. The first-order chi connectivity index (χ1) is 10.6. The summed E-state index contributed by atoms with van der Waals surface area (Å²) >= 11 is 5.98. The second-order valence-corrected chi connectivity index (χ2v) is 6.88. The SMILES string of the molecule is Cc1nc(Cl)cc(NC2CCN(C3CCCCC3O)CC2)n1. The molecule has 3 rings (SSSR count). The fourth-order valence-corrected chi connectivity index (χ4v) is 3.93. The summed E-state index contributed by atoms with van der Waals surface area (Å²) in [5.41, 5.74) is 0. The van der Waals surface area contributed by atoms with Crippen molar-refractivity contribution in [1.29, 1.82) is 0 Å². The minimum atomic E-state index is -0.137. The fourth-order valence-electron chi connectivity index (χ4n) is 3.71. The van der Waals surface area contributed by atoms with Gasteiger partial charge in [-0.15, -0.1) is 0 Å². The van der Waals surface area contributed by atoms with Crippen LogP contribution in [0.15, 0.2) is 6.07 Å². The van der Waals surface area contributed by atoms with Gasteiger partial charge in [0.25, 0.3) is 0 Å². The van der Waals surface area contributed by atoms with Crippen LogP contribution in [0, 0.1) is 6.92 Å². The maximum Gasteiger partial charge on any atom is 0.134 e. The number of halogens is 1. The van der Waals surface area contributed by atoms with Gasteiger partial charge in [-0.3, -0.25) is 4.90 Å².